The van der Waals surface area contributed by atoms with E-state index < -0.39 is 5.54 Å². The summed E-state index contributed by atoms with van der Waals surface area (Å²) < 4.78 is 0. The van der Waals surface area contributed by atoms with E-state index in [9.17, 15) is 4.79 Å². The molecule has 0 heterocycles. The number of benzene rings is 2. The van der Waals surface area contributed by atoms with Crippen molar-refractivity contribution in [2.75, 3.05) is 0 Å². The Labute approximate surface area is 132 Å². The van der Waals surface area contributed by atoms with Crippen LogP contribution in [0.4, 0.5) is 0 Å². The van der Waals surface area contributed by atoms with E-state index in [1.54, 1.807) is 6.08 Å². The second-order valence-corrected chi connectivity index (χ2v) is 5.67. The van der Waals surface area contributed by atoms with Gasteiger partial charge >= 0.3 is 0 Å². The summed E-state index contributed by atoms with van der Waals surface area (Å²) >= 11 is 0. The van der Waals surface area contributed by atoms with Gasteiger partial charge in [0.05, 0.1) is 0 Å². The molecule has 2 nitrogen and oxygen atoms in total. The van der Waals surface area contributed by atoms with Crippen LogP contribution >= 0.6 is 0 Å². The molecule has 0 aliphatic carbocycles. The van der Waals surface area contributed by atoms with Crippen molar-refractivity contribution in [3.8, 4) is 0 Å². The van der Waals surface area contributed by atoms with Gasteiger partial charge in [0.15, 0.2) is 0 Å². The molecule has 0 radical (unpaired) electrons. The number of hydrogen-bond donors (Lipinski definition) is 0. The summed E-state index contributed by atoms with van der Waals surface area (Å²) in [4.78, 5) is 15.2. The Bertz CT molecular complexity index is 655. The molecule has 2 aromatic carbocycles. The average Bonchev–Trinajstić information content (AvgIpc) is 2.55. The number of nitrogens with zero attached hydrogens (tertiary/aromatic N) is 1. The molecule has 0 N–H and O–H groups in total. The summed E-state index contributed by atoms with van der Waals surface area (Å²) in [6.45, 7) is 4.17. The van der Waals surface area contributed by atoms with Crippen LogP contribution in [0.3, 0.4) is 0 Å². The zero-order chi connectivity index (χ0) is 15.8. The number of carbonyl (C=O) groups excluding carboxylic acids is 1. The lowest BCUT2D eigenvalue weighted by Gasteiger charge is -2.32. The first-order chi connectivity index (χ1) is 10.7. The van der Waals surface area contributed by atoms with Crippen LogP contribution in [0.15, 0.2) is 71.7 Å². The third-order valence-corrected chi connectivity index (χ3v) is 4.01. The molecular weight excluding hydrogens is 270 g/mol. The van der Waals surface area contributed by atoms with Crippen molar-refractivity contribution in [3.05, 3.63) is 77.9 Å². The minimum atomic E-state index is -0.561. The topological polar surface area (TPSA) is 29.4 Å². The quantitative estimate of drug-likeness (QED) is 0.545. The Morgan fingerprint density at radius 1 is 1.05 bits per heavy atom. The highest BCUT2D eigenvalue weighted by Crippen LogP contribution is 2.37. The van der Waals surface area contributed by atoms with Crippen LogP contribution in [-0.2, 0) is 10.3 Å². The molecule has 1 atom stereocenters. The smallest absolute Gasteiger partial charge is 0.211 e. The van der Waals surface area contributed by atoms with E-state index in [1.807, 2.05) is 48.5 Å². The van der Waals surface area contributed by atoms with Crippen molar-refractivity contribution in [3.63, 3.8) is 0 Å². The maximum Gasteiger partial charge on any atom is 0.235 e. The predicted octanol–water partition coefficient (Wildman–Crippen LogP) is 4.98. The number of rotatable bonds is 6. The van der Waals surface area contributed by atoms with Crippen LogP contribution in [0.2, 0.25) is 0 Å². The monoisotopic (exact) mass is 291 g/mol. The molecule has 0 saturated heterocycles. The molecule has 112 valence electrons. The summed E-state index contributed by atoms with van der Waals surface area (Å²) in [5.74, 6) is 0.191. The zero-order valence-corrected chi connectivity index (χ0v) is 13.1. The van der Waals surface area contributed by atoms with E-state index >= 15 is 0 Å². The van der Waals surface area contributed by atoms with E-state index in [-0.39, 0.29) is 5.92 Å². The molecule has 0 saturated carbocycles. The number of isocyanates is 1. The molecule has 22 heavy (non-hydrogen) atoms. The van der Waals surface area contributed by atoms with E-state index in [2.05, 4.69) is 43.1 Å². The molecule has 0 bridgehead atoms. The normalized spacial score (nSPS) is 13.8. The molecule has 0 fully saturated rings. The molecule has 0 aromatic heterocycles. The van der Waals surface area contributed by atoms with Gasteiger partial charge in [-0.1, -0.05) is 86.7 Å². The first-order valence-corrected chi connectivity index (χ1v) is 7.55. The van der Waals surface area contributed by atoms with Crippen molar-refractivity contribution in [1.29, 1.82) is 0 Å². The van der Waals surface area contributed by atoms with Crippen molar-refractivity contribution in [2.24, 2.45) is 10.9 Å². The molecule has 2 rings (SSSR count). The van der Waals surface area contributed by atoms with E-state index in [0.717, 1.165) is 11.1 Å². The molecule has 0 amide bonds. The zero-order valence-electron chi connectivity index (χ0n) is 13.1. The summed E-state index contributed by atoms with van der Waals surface area (Å²) in [7, 11) is 0. The molecule has 2 aromatic rings. The van der Waals surface area contributed by atoms with Crippen molar-refractivity contribution in [1.82, 2.24) is 0 Å². The second kappa shape index (κ2) is 7.53. The number of hydrogen-bond acceptors (Lipinski definition) is 2. The summed E-state index contributed by atoms with van der Waals surface area (Å²) in [6, 6.07) is 20.1. The SMILES string of the molecule is CC(C)C(CC=Cc1ccccc1)(N=C=O)c1ccccc1. The Balaban J connectivity index is 2.33. The summed E-state index contributed by atoms with van der Waals surface area (Å²) in [5, 5.41) is 0. The lowest BCUT2D eigenvalue weighted by atomic mass is 9.77. The van der Waals surface area contributed by atoms with Crippen molar-refractivity contribution in [2.45, 2.75) is 25.8 Å². The minimum Gasteiger partial charge on any atom is -0.211 e. The van der Waals surface area contributed by atoms with E-state index in [0.29, 0.717) is 6.42 Å². The average molecular weight is 291 g/mol. The van der Waals surface area contributed by atoms with E-state index in [1.165, 1.54) is 0 Å². The van der Waals surface area contributed by atoms with Gasteiger partial charge in [0, 0.05) is 0 Å². The Hall–Kier alpha value is -2.44. The largest absolute Gasteiger partial charge is 0.235 e. The molecule has 0 aliphatic rings. The van der Waals surface area contributed by atoms with Crippen molar-refractivity contribution < 1.29 is 4.79 Å². The highest BCUT2D eigenvalue weighted by molar-refractivity contribution is 5.49. The lowest BCUT2D eigenvalue weighted by Crippen LogP contribution is -2.29. The van der Waals surface area contributed by atoms with Crippen LogP contribution in [0.5, 0.6) is 0 Å². The van der Waals surface area contributed by atoms with Gasteiger partial charge in [-0.3, -0.25) is 0 Å². The number of aliphatic imine (C=N–C) groups is 1. The van der Waals surface area contributed by atoms with Crippen LogP contribution in [-0.4, -0.2) is 6.08 Å². The highest BCUT2D eigenvalue weighted by atomic mass is 16.1. The Morgan fingerprint density at radius 3 is 2.18 bits per heavy atom. The maximum atomic E-state index is 11.0. The van der Waals surface area contributed by atoms with Gasteiger partial charge in [0.2, 0.25) is 6.08 Å². The van der Waals surface area contributed by atoms with Crippen LogP contribution < -0.4 is 0 Å². The predicted molar refractivity (Wildman–Crippen MR) is 91.2 cm³/mol. The summed E-state index contributed by atoms with van der Waals surface area (Å²) in [6.07, 6.45) is 6.60. The van der Waals surface area contributed by atoms with Crippen LogP contribution in [0.25, 0.3) is 6.08 Å². The minimum absolute atomic E-state index is 0.191. The fraction of sp³-hybridized carbons (Fsp3) is 0.250. The van der Waals surface area contributed by atoms with Gasteiger partial charge in [-0.05, 0) is 23.5 Å². The molecular formula is C20H21NO. The van der Waals surface area contributed by atoms with Gasteiger partial charge in [0.25, 0.3) is 0 Å². The standard InChI is InChI=1S/C20H21NO/c1-17(2)20(21-16-22,19-13-7-4-8-14-19)15-9-12-18-10-5-3-6-11-18/h3-14,17H,15H2,1-2H3. The van der Waals surface area contributed by atoms with E-state index in [4.69, 9.17) is 0 Å². The fourth-order valence-corrected chi connectivity index (χ4v) is 2.67. The van der Waals surface area contributed by atoms with Gasteiger partial charge in [-0.25, -0.2) is 4.79 Å². The van der Waals surface area contributed by atoms with Gasteiger partial charge in [0.1, 0.15) is 5.54 Å². The highest BCUT2D eigenvalue weighted by Gasteiger charge is 2.34. The third kappa shape index (κ3) is 3.60. The molecule has 0 spiro atoms. The third-order valence-electron chi connectivity index (χ3n) is 4.01. The summed E-state index contributed by atoms with van der Waals surface area (Å²) in [5.41, 5.74) is 1.63. The first kappa shape index (κ1) is 15.9. The Kier molecular flexibility index (Phi) is 5.46. The lowest BCUT2D eigenvalue weighted by molar-refractivity contribution is 0.322. The first-order valence-electron chi connectivity index (χ1n) is 7.55. The van der Waals surface area contributed by atoms with Crippen LogP contribution in [0, 0.1) is 5.92 Å². The second-order valence-electron chi connectivity index (χ2n) is 5.67. The van der Waals surface area contributed by atoms with Crippen molar-refractivity contribution >= 4 is 12.2 Å². The van der Waals surface area contributed by atoms with Gasteiger partial charge in [-0.15, -0.1) is 0 Å². The molecule has 0 aliphatic heterocycles. The molecule has 1 unspecified atom stereocenters. The Morgan fingerprint density at radius 2 is 1.64 bits per heavy atom. The molecule has 2 heteroatoms. The van der Waals surface area contributed by atoms with Gasteiger partial charge in [-0.2, -0.15) is 4.99 Å². The van der Waals surface area contributed by atoms with Gasteiger partial charge < -0.3 is 0 Å². The maximum absolute atomic E-state index is 11.0. The van der Waals surface area contributed by atoms with Crippen LogP contribution in [0.1, 0.15) is 31.4 Å². The fourth-order valence-electron chi connectivity index (χ4n) is 2.67.